The summed E-state index contributed by atoms with van der Waals surface area (Å²) >= 11 is 0. The van der Waals surface area contributed by atoms with Crippen LogP contribution in [0.15, 0.2) is 42.7 Å². The van der Waals surface area contributed by atoms with Crippen LogP contribution < -0.4 is 10.6 Å². The molecule has 9 nitrogen and oxygen atoms in total. The molecule has 0 spiro atoms. The van der Waals surface area contributed by atoms with E-state index in [1.54, 1.807) is 12.3 Å². The van der Waals surface area contributed by atoms with Gasteiger partial charge in [0.1, 0.15) is 11.9 Å². The van der Waals surface area contributed by atoms with Gasteiger partial charge in [-0.05, 0) is 74.4 Å². The van der Waals surface area contributed by atoms with Crippen molar-refractivity contribution in [3.63, 3.8) is 0 Å². The number of aliphatic hydroxyl groups is 2. The van der Waals surface area contributed by atoms with Gasteiger partial charge in [0.15, 0.2) is 0 Å². The third kappa shape index (κ3) is 9.28. The molecule has 1 aromatic carbocycles. The maximum atomic E-state index is 14.0. The van der Waals surface area contributed by atoms with E-state index in [9.17, 15) is 24.2 Å². The van der Waals surface area contributed by atoms with E-state index in [-0.39, 0.29) is 30.7 Å². The Bertz CT molecular complexity index is 1240. The number of benzene rings is 1. The zero-order valence-electron chi connectivity index (χ0n) is 26.1. The van der Waals surface area contributed by atoms with Crippen molar-refractivity contribution < 1.29 is 24.2 Å². The minimum absolute atomic E-state index is 0.0896. The van der Waals surface area contributed by atoms with Crippen LogP contribution in [-0.2, 0) is 22.6 Å². The van der Waals surface area contributed by atoms with Crippen LogP contribution in [0, 0.1) is 17.7 Å². The van der Waals surface area contributed by atoms with E-state index in [0.29, 0.717) is 38.0 Å². The van der Waals surface area contributed by atoms with Crippen LogP contribution in [0.2, 0.25) is 0 Å². The molecule has 1 aromatic heterocycles. The zero-order chi connectivity index (χ0) is 31.3. The van der Waals surface area contributed by atoms with Gasteiger partial charge in [0.2, 0.25) is 11.8 Å². The first-order valence-corrected chi connectivity index (χ1v) is 15.4. The number of rotatable bonds is 11. The van der Waals surface area contributed by atoms with Crippen molar-refractivity contribution in [1.82, 2.24) is 25.4 Å². The highest BCUT2D eigenvalue weighted by Crippen LogP contribution is 2.33. The fourth-order valence-corrected chi connectivity index (χ4v) is 6.28. The Morgan fingerprint density at radius 3 is 2.60 bits per heavy atom. The molecule has 0 unspecified atom stereocenters. The van der Waals surface area contributed by atoms with Crippen molar-refractivity contribution in [2.75, 3.05) is 26.2 Å². The lowest BCUT2D eigenvalue weighted by atomic mass is 9.90. The molecule has 2 aromatic rings. The lowest BCUT2D eigenvalue weighted by Gasteiger charge is -2.42. The molecule has 43 heavy (non-hydrogen) atoms. The second kappa shape index (κ2) is 14.2. The third-order valence-electron chi connectivity index (χ3n) is 8.19. The predicted molar refractivity (Wildman–Crippen MR) is 163 cm³/mol. The largest absolute Gasteiger partial charge is 0.392 e. The Labute approximate surface area is 254 Å². The molecule has 4 rings (SSSR count). The monoisotopic (exact) mass is 597 g/mol. The van der Waals surface area contributed by atoms with Gasteiger partial charge in [0, 0.05) is 63.0 Å². The minimum atomic E-state index is -0.845. The first-order chi connectivity index (χ1) is 20.3. The first-order valence-electron chi connectivity index (χ1n) is 15.4. The Morgan fingerprint density at radius 2 is 1.93 bits per heavy atom. The first kappa shape index (κ1) is 33.0. The summed E-state index contributed by atoms with van der Waals surface area (Å²) < 4.78 is 14.0. The number of amides is 2. The van der Waals surface area contributed by atoms with Crippen LogP contribution >= 0.6 is 0 Å². The van der Waals surface area contributed by atoms with Gasteiger partial charge in [0.05, 0.1) is 18.2 Å². The van der Waals surface area contributed by atoms with Crippen molar-refractivity contribution in [3.05, 3.63) is 65.2 Å². The summed E-state index contributed by atoms with van der Waals surface area (Å²) in [6.45, 7) is 12.7. The van der Waals surface area contributed by atoms with Crippen molar-refractivity contribution in [1.29, 1.82) is 0 Å². The van der Waals surface area contributed by atoms with Gasteiger partial charge in [-0.15, -0.1) is 0 Å². The SMILES string of the molecule is CC(C)C[C@H](C[C@H](O)CN1CCN(Cc2cccnc2)C[C@H]1C(=O)NC(C)(C)C)C(=O)N[C@H]1c2cc(F)ccc2C[C@H]1O. The topological polar surface area (TPSA) is 118 Å². The van der Waals surface area contributed by atoms with Crippen molar-refractivity contribution in [2.45, 2.75) is 90.3 Å². The number of hydrogen-bond acceptors (Lipinski definition) is 7. The molecule has 0 bridgehead atoms. The molecule has 4 N–H and O–H groups in total. The Hall–Kier alpha value is -2.92. The molecule has 2 heterocycles. The smallest absolute Gasteiger partial charge is 0.239 e. The normalized spacial score (nSPS) is 22.7. The van der Waals surface area contributed by atoms with Crippen LogP contribution in [-0.4, -0.2) is 86.8 Å². The number of aromatic nitrogens is 1. The number of carbonyl (C=O) groups excluding carboxylic acids is 2. The van der Waals surface area contributed by atoms with Crippen LogP contribution in [0.25, 0.3) is 0 Å². The van der Waals surface area contributed by atoms with E-state index >= 15 is 0 Å². The summed E-state index contributed by atoms with van der Waals surface area (Å²) in [5, 5.41) is 28.0. The highest BCUT2D eigenvalue weighted by atomic mass is 19.1. The quantitative estimate of drug-likeness (QED) is 0.315. The fourth-order valence-electron chi connectivity index (χ4n) is 6.28. The second-order valence-corrected chi connectivity index (χ2v) is 13.7. The minimum Gasteiger partial charge on any atom is -0.392 e. The number of β-amino-alcohol motifs (C(OH)–C–C–N with tert-alkyl or cyclic N) is 1. The molecule has 1 aliphatic heterocycles. The van der Waals surface area contributed by atoms with Crippen LogP contribution in [0.3, 0.4) is 0 Å². The van der Waals surface area contributed by atoms with Crippen LogP contribution in [0.5, 0.6) is 0 Å². The van der Waals surface area contributed by atoms with E-state index in [4.69, 9.17) is 0 Å². The van der Waals surface area contributed by atoms with E-state index in [2.05, 4.69) is 20.5 Å². The van der Waals surface area contributed by atoms with E-state index in [0.717, 1.165) is 17.7 Å². The number of fused-ring (bicyclic) bond motifs is 1. The van der Waals surface area contributed by atoms with Gasteiger partial charge >= 0.3 is 0 Å². The maximum Gasteiger partial charge on any atom is 0.239 e. The number of pyridine rings is 1. The van der Waals surface area contributed by atoms with Gasteiger partial charge in [-0.1, -0.05) is 26.0 Å². The Morgan fingerprint density at radius 1 is 1.16 bits per heavy atom. The molecule has 1 fully saturated rings. The van der Waals surface area contributed by atoms with Gasteiger partial charge < -0.3 is 20.8 Å². The molecular formula is C33H48FN5O4. The lowest BCUT2D eigenvalue weighted by Crippen LogP contribution is -2.61. The standard InChI is InChI=1S/C33H48FN5O4/c1-21(2)13-24(31(42)36-30-27-16-25(34)9-8-23(27)15-29(30)41)14-26(40)19-39-12-11-38(18-22-7-6-10-35-17-22)20-28(39)32(43)37-33(3,4)5/h6-10,16-17,21,24,26,28-30,40-41H,11-15,18-20H2,1-5H3,(H,36,42)(H,37,43)/t24-,26+,28+,29-,30+/m1/s1. The van der Waals surface area contributed by atoms with Crippen molar-refractivity contribution >= 4 is 11.8 Å². The molecular weight excluding hydrogens is 549 g/mol. The molecule has 2 aliphatic rings. The number of aliphatic hydroxyl groups excluding tert-OH is 2. The highest BCUT2D eigenvalue weighted by Gasteiger charge is 2.37. The van der Waals surface area contributed by atoms with E-state index in [1.165, 1.54) is 12.1 Å². The Balaban J connectivity index is 1.43. The number of halogens is 1. The number of hydrogen-bond donors (Lipinski definition) is 4. The predicted octanol–water partition coefficient (Wildman–Crippen LogP) is 2.81. The summed E-state index contributed by atoms with van der Waals surface area (Å²) in [5.74, 6) is -1.08. The average molecular weight is 598 g/mol. The van der Waals surface area contributed by atoms with Crippen LogP contribution in [0.4, 0.5) is 4.39 Å². The summed E-state index contributed by atoms with van der Waals surface area (Å²) in [6.07, 6.45) is 3.01. The van der Waals surface area contributed by atoms with Gasteiger partial charge in [-0.3, -0.25) is 24.4 Å². The van der Waals surface area contributed by atoms with Gasteiger partial charge in [-0.25, -0.2) is 4.39 Å². The molecule has 0 radical (unpaired) electrons. The number of nitrogens with zero attached hydrogens (tertiary/aromatic N) is 3. The molecule has 5 atom stereocenters. The number of nitrogens with one attached hydrogen (secondary N) is 2. The summed E-state index contributed by atoms with van der Waals surface area (Å²) in [5.41, 5.74) is 2.09. The summed E-state index contributed by atoms with van der Waals surface area (Å²) in [6, 6.07) is 7.16. The molecule has 1 saturated heterocycles. The number of carbonyl (C=O) groups is 2. The van der Waals surface area contributed by atoms with Crippen molar-refractivity contribution in [2.24, 2.45) is 11.8 Å². The molecule has 10 heteroatoms. The third-order valence-corrected chi connectivity index (χ3v) is 8.19. The van der Waals surface area contributed by atoms with E-state index in [1.807, 2.05) is 57.8 Å². The molecule has 236 valence electrons. The van der Waals surface area contributed by atoms with Crippen LogP contribution in [0.1, 0.15) is 70.2 Å². The second-order valence-electron chi connectivity index (χ2n) is 13.7. The Kier molecular flexibility index (Phi) is 10.9. The molecule has 2 amide bonds. The van der Waals surface area contributed by atoms with Gasteiger partial charge in [0.25, 0.3) is 0 Å². The van der Waals surface area contributed by atoms with E-state index < -0.39 is 41.6 Å². The zero-order valence-corrected chi connectivity index (χ0v) is 26.1. The van der Waals surface area contributed by atoms with Gasteiger partial charge in [-0.2, -0.15) is 0 Å². The molecule has 0 saturated carbocycles. The molecule has 1 aliphatic carbocycles. The lowest BCUT2D eigenvalue weighted by molar-refractivity contribution is -0.132. The summed E-state index contributed by atoms with van der Waals surface area (Å²) in [4.78, 5) is 35.4. The van der Waals surface area contributed by atoms with Crippen molar-refractivity contribution in [3.8, 4) is 0 Å². The fraction of sp³-hybridized carbons (Fsp3) is 0.606. The average Bonchev–Trinajstić information content (AvgIpc) is 3.22. The highest BCUT2D eigenvalue weighted by molar-refractivity contribution is 5.83. The maximum absolute atomic E-state index is 14.0. The number of piperazine rings is 1. The summed E-state index contributed by atoms with van der Waals surface area (Å²) in [7, 11) is 0.